The highest BCUT2D eigenvalue weighted by molar-refractivity contribution is 5.47. The van der Waals surface area contributed by atoms with Gasteiger partial charge in [-0.1, -0.05) is 6.07 Å². The van der Waals surface area contributed by atoms with Crippen LogP contribution in [0, 0.1) is 0 Å². The summed E-state index contributed by atoms with van der Waals surface area (Å²) in [6.45, 7) is 1.08. The first-order valence-electron chi connectivity index (χ1n) is 5.31. The molecule has 0 aromatic heterocycles. The Hall–Kier alpha value is -1.22. The van der Waals surface area contributed by atoms with Gasteiger partial charge in [0.2, 0.25) is 0 Å². The average molecular weight is 207 g/mol. The second kappa shape index (κ2) is 4.53. The smallest absolute Gasteiger partial charge is 0.127 e. The molecule has 3 nitrogen and oxygen atoms in total. The molecule has 0 amide bonds. The highest BCUT2D eigenvalue weighted by Crippen LogP contribution is 2.37. The molecule has 0 spiro atoms. The molecule has 1 heterocycles. The molecule has 2 rings (SSSR count). The fourth-order valence-corrected chi connectivity index (χ4v) is 2.15. The largest absolute Gasteiger partial charge is 0.496 e. The average Bonchev–Trinajstić information content (AvgIpc) is 2.81. The van der Waals surface area contributed by atoms with Gasteiger partial charge in [0.05, 0.1) is 19.8 Å². The first kappa shape index (κ1) is 10.3. The molecule has 3 heteroatoms. The first-order chi connectivity index (χ1) is 7.36. The zero-order valence-corrected chi connectivity index (χ0v) is 9.25. The first-order valence-corrected chi connectivity index (χ1v) is 5.31. The molecular formula is C12H17NO2. The Bertz CT molecular complexity index is 310. The molecule has 15 heavy (non-hydrogen) atoms. The molecule has 0 unspecified atom stereocenters. The second-order valence-corrected chi connectivity index (χ2v) is 3.73. The molecule has 0 saturated carbocycles. The van der Waals surface area contributed by atoms with Gasteiger partial charge < -0.3 is 14.8 Å². The van der Waals surface area contributed by atoms with Crippen molar-refractivity contribution in [2.75, 3.05) is 20.8 Å². The number of ether oxygens (including phenoxy) is 2. The third-order valence-electron chi connectivity index (χ3n) is 2.87. The van der Waals surface area contributed by atoms with E-state index in [2.05, 4.69) is 5.32 Å². The van der Waals surface area contributed by atoms with Crippen LogP contribution in [0.2, 0.25) is 0 Å². The Morgan fingerprint density at radius 1 is 1.20 bits per heavy atom. The molecule has 1 aliphatic heterocycles. The predicted octanol–water partition coefficient (Wildman–Crippen LogP) is 2.13. The summed E-state index contributed by atoms with van der Waals surface area (Å²) < 4.78 is 10.8. The maximum absolute atomic E-state index is 5.38. The third kappa shape index (κ3) is 1.92. The summed E-state index contributed by atoms with van der Waals surface area (Å²) in [6.07, 6.45) is 2.36. The third-order valence-corrected chi connectivity index (χ3v) is 2.87. The van der Waals surface area contributed by atoms with Crippen LogP contribution in [-0.2, 0) is 0 Å². The topological polar surface area (TPSA) is 30.5 Å². The maximum Gasteiger partial charge on any atom is 0.127 e. The van der Waals surface area contributed by atoms with Gasteiger partial charge in [-0.3, -0.25) is 0 Å². The van der Waals surface area contributed by atoms with Gasteiger partial charge in [0, 0.05) is 6.04 Å². The number of benzene rings is 1. The van der Waals surface area contributed by atoms with Crippen LogP contribution in [0.25, 0.3) is 0 Å². The Kier molecular flexibility index (Phi) is 3.11. The molecule has 1 N–H and O–H groups in total. The maximum atomic E-state index is 5.38. The van der Waals surface area contributed by atoms with E-state index in [0.29, 0.717) is 6.04 Å². The van der Waals surface area contributed by atoms with E-state index < -0.39 is 0 Å². The lowest BCUT2D eigenvalue weighted by atomic mass is 10.0. The highest BCUT2D eigenvalue weighted by atomic mass is 16.5. The fraction of sp³-hybridized carbons (Fsp3) is 0.500. The van der Waals surface area contributed by atoms with Crippen LogP contribution in [0.4, 0.5) is 0 Å². The van der Waals surface area contributed by atoms with Gasteiger partial charge in [-0.05, 0) is 31.5 Å². The molecule has 82 valence electrons. The Morgan fingerprint density at radius 2 is 1.87 bits per heavy atom. The van der Waals surface area contributed by atoms with Gasteiger partial charge in [-0.2, -0.15) is 0 Å². The minimum absolute atomic E-state index is 0.371. The minimum atomic E-state index is 0.371. The molecule has 0 radical (unpaired) electrons. The lowest BCUT2D eigenvalue weighted by Crippen LogP contribution is -2.14. The Balaban J connectivity index is 2.39. The Labute approximate surface area is 90.4 Å². The molecular weight excluding hydrogens is 190 g/mol. The standard InChI is InChI=1S/C12H17NO2/c1-14-10-6-3-7-11(15-2)12(10)9-5-4-8-13-9/h3,6-7,9,13H,4-5,8H2,1-2H3/t9-/m0/s1. The van der Waals surface area contributed by atoms with Crippen molar-refractivity contribution in [3.63, 3.8) is 0 Å². The van der Waals surface area contributed by atoms with E-state index in [1.54, 1.807) is 14.2 Å². The van der Waals surface area contributed by atoms with Crippen LogP contribution >= 0.6 is 0 Å². The van der Waals surface area contributed by atoms with Crippen LogP contribution in [0.1, 0.15) is 24.4 Å². The molecule has 1 aliphatic rings. The second-order valence-electron chi connectivity index (χ2n) is 3.73. The number of rotatable bonds is 3. The summed E-state index contributed by atoms with van der Waals surface area (Å²) >= 11 is 0. The fourth-order valence-electron chi connectivity index (χ4n) is 2.15. The normalized spacial score (nSPS) is 20.3. The van der Waals surface area contributed by atoms with Gasteiger partial charge in [0.1, 0.15) is 11.5 Å². The predicted molar refractivity (Wildman–Crippen MR) is 59.5 cm³/mol. The number of hydrogen-bond donors (Lipinski definition) is 1. The van der Waals surface area contributed by atoms with E-state index in [9.17, 15) is 0 Å². The molecule has 1 fully saturated rings. The monoisotopic (exact) mass is 207 g/mol. The van der Waals surface area contributed by atoms with Crippen LogP contribution in [0.15, 0.2) is 18.2 Å². The summed E-state index contributed by atoms with van der Waals surface area (Å²) in [5.41, 5.74) is 1.15. The van der Waals surface area contributed by atoms with E-state index in [1.807, 2.05) is 18.2 Å². The van der Waals surface area contributed by atoms with E-state index in [1.165, 1.54) is 6.42 Å². The van der Waals surface area contributed by atoms with Crippen molar-refractivity contribution in [1.29, 1.82) is 0 Å². The van der Waals surface area contributed by atoms with Gasteiger partial charge in [0.25, 0.3) is 0 Å². The van der Waals surface area contributed by atoms with Crippen LogP contribution in [-0.4, -0.2) is 20.8 Å². The van der Waals surface area contributed by atoms with Crippen molar-refractivity contribution in [1.82, 2.24) is 5.32 Å². The molecule has 1 saturated heterocycles. The van der Waals surface area contributed by atoms with Crippen molar-refractivity contribution in [2.45, 2.75) is 18.9 Å². The number of methoxy groups -OCH3 is 2. The highest BCUT2D eigenvalue weighted by Gasteiger charge is 2.23. The molecule has 0 bridgehead atoms. The van der Waals surface area contributed by atoms with E-state index in [-0.39, 0.29) is 0 Å². The number of hydrogen-bond acceptors (Lipinski definition) is 3. The van der Waals surface area contributed by atoms with E-state index in [4.69, 9.17) is 9.47 Å². The summed E-state index contributed by atoms with van der Waals surface area (Å²) in [7, 11) is 3.40. The van der Waals surface area contributed by atoms with Crippen molar-refractivity contribution in [3.05, 3.63) is 23.8 Å². The summed E-state index contributed by atoms with van der Waals surface area (Å²) in [5, 5.41) is 3.46. The van der Waals surface area contributed by atoms with Crippen LogP contribution in [0.3, 0.4) is 0 Å². The van der Waals surface area contributed by atoms with Crippen molar-refractivity contribution < 1.29 is 9.47 Å². The van der Waals surface area contributed by atoms with Crippen LogP contribution in [0.5, 0.6) is 11.5 Å². The molecule has 1 aromatic rings. The number of nitrogens with one attached hydrogen (secondary N) is 1. The summed E-state index contributed by atoms with van der Waals surface area (Å²) in [6, 6.07) is 6.29. The molecule has 1 aromatic carbocycles. The van der Waals surface area contributed by atoms with Crippen molar-refractivity contribution in [3.8, 4) is 11.5 Å². The van der Waals surface area contributed by atoms with E-state index in [0.717, 1.165) is 30.0 Å². The summed E-state index contributed by atoms with van der Waals surface area (Å²) in [5.74, 6) is 1.82. The van der Waals surface area contributed by atoms with Crippen molar-refractivity contribution >= 4 is 0 Å². The zero-order chi connectivity index (χ0) is 10.7. The molecule has 0 aliphatic carbocycles. The van der Waals surface area contributed by atoms with Crippen molar-refractivity contribution in [2.24, 2.45) is 0 Å². The van der Waals surface area contributed by atoms with Gasteiger partial charge >= 0.3 is 0 Å². The SMILES string of the molecule is COc1cccc(OC)c1[C@@H]1CCCN1. The Morgan fingerprint density at radius 3 is 2.33 bits per heavy atom. The lowest BCUT2D eigenvalue weighted by Gasteiger charge is -2.18. The van der Waals surface area contributed by atoms with Gasteiger partial charge in [0.15, 0.2) is 0 Å². The minimum Gasteiger partial charge on any atom is -0.496 e. The van der Waals surface area contributed by atoms with Gasteiger partial charge in [-0.15, -0.1) is 0 Å². The van der Waals surface area contributed by atoms with Crippen LogP contribution < -0.4 is 14.8 Å². The summed E-state index contributed by atoms with van der Waals surface area (Å²) in [4.78, 5) is 0. The lowest BCUT2D eigenvalue weighted by molar-refractivity contribution is 0.375. The van der Waals surface area contributed by atoms with E-state index >= 15 is 0 Å². The zero-order valence-electron chi connectivity index (χ0n) is 9.25. The molecule has 1 atom stereocenters. The van der Waals surface area contributed by atoms with Gasteiger partial charge in [-0.25, -0.2) is 0 Å². The quantitative estimate of drug-likeness (QED) is 0.823.